The molecule has 0 radical (unpaired) electrons. The highest BCUT2D eigenvalue weighted by Crippen LogP contribution is 2.42. The fourth-order valence-electron chi connectivity index (χ4n) is 11.0. The van der Waals surface area contributed by atoms with Crippen molar-refractivity contribution in [2.45, 2.75) is 0 Å². The van der Waals surface area contributed by atoms with Gasteiger partial charge in [0.15, 0.2) is 17.5 Å². The Bertz CT molecular complexity index is 4660. The van der Waals surface area contributed by atoms with E-state index >= 15 is 0 Å². The van der Waals surface area contributed by atoms with Crippen LogP contribution in [-0.4, -0.2) is 19.5 Å². The molecular weight excluding hydrogens is 853 g/mol. The van der Waals surface area contributed by atoms with Crippen molar-refractivity contribution >= 4 is 97.6 Å². The Labute approximate surface area is 401 Å². The first-order valence-electron chi connectivity index (χ1n) is 23.7. The predicted molar refractivity (Wildman–Crippen MR) is 291 cm³/mol. The smallest absolute Gasteiger partial charge is 0.164 e. The second kappa shape index (κ2) is 15.0. The van der Waals surface area contributed by atoms with Crippen LogP contribution in [0.2, 0.25) is 0 Å². The van der Waals surface area contributed by atoms with Crippen LogP contribution in [0.25, 0.3) is 149 Å². The summed E-state index contributed by atoms with van der Waals surface area (Å²) in [6.07, 6.45) is 0. The first-order valence-corrected chi connectivity index (χ1v) is 23.7. The van der Waals surface area contributed by atoms with Gasteiger partial charge in [0.1, 0.15) is 11.2 Å². The molecule has 0 bridgehead atoms. The number of nitrogens with zero attached hydrogens (tertiary/aromatic N) is 4. The molecule has 3 aromatic heterocycles. The molecule has 5 nitrogen and oxygen atoms in total. The highest BCUT2D eigenvalue weighted by Gasteiger charge is 2.20. The first-order chi connectivity index (χ1) is 34.6. The number of rotatable bonds is 5. The Morgan fingerprint density at radius 1 is 0.271 bits per heavy atom. The highest BCUT2D eigenvalue weighted by atomic mass is 16.3. The Morgan fingerprint density at radius 3 is 1.67 bits per heavy atom. The third-order valence-corrected chi connectivity index (χ3v) is 14.3. The summed E-state index contributed by atoms with van der Waals surface area (Å²) in [6, 6.07) is 82.3. The SMILES string of the molecule is c1ccc(-c2cccc(-c3nc(-c4ccc5c(ccc6ccccc65)c4)nc(-c4ccc5ccc6oc7ccc(-n8c9cc%10ccccc%10cc9c9c%10ccccc%10ccc98)cc7c6c5c4)n3)c2)cc1. The van der Waals surface area contributed by atoms with Crippen molar-refractivity contribution in [1.82, 2.24) is 19.5 Å². The Morgan fingerprint density at radius 2 is 0.843 bits per heavy atom. The molecule has 5 heteroatoms. The van der Waals surface area contributed by atoms with Crippen molar-refractivity contribution in [2.75, 3.05) is 0 Å². The molecule has 12 aromatic carbocycles. The minimum Gasteiger partial charge on any atom is -0.456 e. The van der Waals surface area contributed by atoms with Gasteiger partial charge in [-0.25, -0.2) is 15.0 Å². The zero-order valence-corrected chi connectivity index (χ0v) is 37.6. The summed E-state index contributed by atoms with van der Waals surface area (Å²) in [6.45, 7) is 0. The normalized spacial score (nSPS) is 12.0. The molecule has 70 heavy (non-hydrogen) atoms. The predicted octanol–water partition coefficient (Wildman–Crippen LogP) is 17.3. The molecule has 0 fully saturated rings. The molecule has 0 saturated carbocycles. The van der Waals surface area contributed by atoms with Crippen LogP contribution in [0.1, 0.15) is 0 Å². The molecule has 0 amide bonds. The van der Waals surface area contributed by atoms with Gasteiger partial charge < -0.3 is 8.98 Å². The van der Waals surface area contributed by atoms with Crippen LogP contribution < -0.4 is 0 Å². The monoisotopic (exact) mass is 890 g/mol. The van der Waals surface area contributed by atoms with Crippen LogP contribution in [0.5, 0.6) is 0 Å². The van der Waals surface area contributed by atoms with Gasteiger partial charge in [-0.05, 0) is 126 Å². The summed E-state index contributed by atoms with van der Waals surface area (Å²) >= 11 is 0. The molecule has 0 aliphatic rings. The van der Waals surface area contributed by atoms with Crippen molar-refractivity contribution in [3.63, 3.8) is 0 Å². The van der Waals surface area contributed by atoms with E-state index < -0.39 is 0 Å². The number of fused-ring (bicyclic) bond motifs is 14. The minimum atomic E-state index is 0.598. The van der Waals surface area contributed by atoms with Gasteiger partial charge >= 0.3 is 0 Å². The lowest BCUT2D eigenvalue weighted by molar-refractivity contribution is 0.669. The molecule has 0 aliphatic heterocycles. The number of aromatic nitrogens is 4. The lowest BCUT2D eigenvalue weighted by atomic mass is 9.99. The summed E-state index contributed by atoms with van der Waals surface area (Å²) in [4.78, 5) is 15.8. The van der Waals surface area contributed by atoms with Gasteiger partial charge in [-0.3, -0.25) is 0 Å². The summed E-state index contributed by atoms with van der Waals surface area (Å²) in [5.74, 6) is 1.82. The summed E-state index contributed by atoms with van der Waals surface area (Å²) in [7, 11) is 0. The number of hydrogen-bond donors (Lipinski definition) is 0. The average Bonchev–Trinajstić information content (AvgIpc) is 3.97. The maximum atomic E-state index is 6.68. The van der Waals surface area contributed by atoms with Crippen molar-refractivity contribution in [3.05, 3.63) is 231 Å². The second-order valence-corrected chi connectivity index (χ2v) is 18.4. The van der Waals surface area contributed by atoms with Crippen molar-refractivity contribution < 1.29 is 4.42 Å². The van der Waals surface area contributed by atoms with Crippen molar-refractivity contribution in [1.29, 1.82) is 0 Å². The molecule has 0 N–H and O–H groups in total. The van der Waals surface area contributed by atoms with Crippen molar-refractivity contribution in [3.8, 4) is 51.0 Å². The quantitative estimate of drug-likeness (QED) is 0.162. The van der Waals surface area contributed by atoms with Gasteiger partial charge in [0.25, 0.3) is 0 Å². The van der Waals surface area contributed by atoms with Gasteiger partial charge in [0.05, 0.1) is 11.0 Å². The average molecular weight is 891 g/mol. The standard InChI is InChI=1S/C65H38N4O/c1-2-11-39(12-3-1)43-17-10-18-47(33-43)63-66-64(48-25-29-52-46(34-48)23-21-40-13-6-8-19-51(40)52)68-65(67-63)49-24-22-42-27-31-60-62(54(42)36-49)56-38-50(28-32-59(56)70-60)69-57-30-26-41-14-7-9-20-53(41)61(57)55-35-44-15-4-5-16-45(44)37-58(55)69/h1-38H. The molecule has 3 heterocycles. The second-order valence-electron chi connectivity index (χ2n) is 18.4. The van der Waals surface area contributed by atoms with E-state index in [1.165, 1.54) is 59.5 Å². The van der Waals surface area contributed by atoms with Gasteiger partial charge in [-0.1, -0.05) is 170 Å². The van der Waals surface area contributed by atoms with Gasteiger partial charge in [0.2, 0.25) is 0 Å². The molecular formula is C65H38N4O. The van der Waals surface area contributed by atoms with E-state index in [9.17, 15) is 0 Å². The van der Waals surface area contributed by atoms with Crippen LogP contribution in [0.3, 0.4) is 0 Å². The zero-order valence-electron chi connectivity index (χ0n) is 37.6. The number of hydrogen-bond acceptors (Lipinski definition) is 4. The van der Waals surface area contributed by atoms with E-state index in [-0.39, 0.29) is 0 Å². The van der Waals surface area contributed by atoms with E-state index in [2.05, 4.69) is 229 Å². The van der Waals surface area contributed by atoms with Crippen LogP contribution in [0.4, 0.5) is 0 Å². The van der Waals surface area contributed by atoms with Gasteiger partial charge in [-0.15, -0.1) is 0 Å². The van der Waals surface area contributed by atoms with Gasteiger partial charge in [-0.2, -0.15) is 0 Å². The minimum absolute atomic E-state index is 0.598. The molecule has 0 saturated heterocycles. The summed E-state index contributed by atoms with van der Waals surface area (Å²) < 4.78 is 9.11. The van der Waals surface area contributed by atoms with E-state index in [4.69, 9.17) is 19.4 Å². The molecule has 0 unspecified atom stereocenters. The molecule has 324 valence electrons. The molecule has 0 aliphatic carbocycles. The van der Waals surface area contributed by atoms with Crippen LogP contribution in [-0.2, 0) is 0 Å². The molecule has 15 rings (SSSR count). The molecule has 15 aromatic rings. The topological polar surface area (TPSA) is 56.7 Å². The molecule has 0 spiro atoms. The lowest BCUT2D eigenvalue weighted by Crippen LogP contribution is -2.00. The summed E-state index contributed by atoms with van der Waals surface area (Å²) in [5.41, 5.74) is 10.0. The van der Waals surface area contributed by atoms with E-state index in [0.29, 0.717) is 17.5 Å². The zero-order chi connectivity index (χ0) is 45.9. The Kier molecular flexibility index (Phi) is 8.29. The first kappa shape index (κ1) is 38.6. The Balaban J connectivity index is 0.933. The maximum absolute atomic E-state index is 6.68. The van der Waals surface area contributed by atoms with Crippen LogP contribution >= 0.6 is 0 Å². The number of benzene rings is 12. The largest absolute Gasteiger partial charge is 0.456 e. The number of furan rings is 1. The lowest BCUT2D eigenvalue weighted by Gasteiger charge is -2.11. The summed E-state index contributed by atoms with van der Waals surface area (Å²) in [5, 5.41) is 16.4. The maximum Gasteiger partial charge on any atom is 0.164 e. The van der Waals surface area contributed by atoms with Crippen LogP contribution in [0.15, 0.2) is 235 Å². The fourth-order valence-corrected chi connectivity index (χ4v) is 11.0. The highest BCUT2D eigenvalue weighted by molar-refractivity contribution is 6.24. The third kappa shape index (κ3) is 6.02. The Hall–Kier alpha value is -9.45. The fraction of sp³-hybridized carbons (Fsp3) is 0. The van der Waals surface area contributed by atoms with Crippen LogP contribution in [0, 0.1) is 0 Å². The van der Waals surface area contributed by atoms with E-state index in [1.54, 1.807) is 0 Å². The van der Waals surface area contributed by atoms with Crippen molar-refractivity contribution in [2.24, 2.45) is 0 Å². The van der Waals surface area contributed by atoms with E-state index in [0.717, 1.165) is 71.6 Å². The third-order valence-electron chi connectivity index (χ3n) is 14.3. The van der Waals surface area contributed by atoms with E-state index in [1.807, 2.05) is 6.07 Å². The molecule has 0 atom stereocenters. The van der Waals surface area contributed by atoms with Gasteiger partial charge in [0, 0.05) is 43.9 Å².